The Morgan fingerprint density at radius 1 is 0.589 bits per heavy atom. The van der Waals surface area contributed by atoms with Gasteiger partial charge >= 0.3 is 7.82 Å². The van der Waals surface area contributed by atoms with Crippen LogP contribution in [0.5, 0.6) is 0 Å². The van der Waals surface area contributed by atoms with Gasteiger partial charge in [0.15, 0.2) is 0 Å². The summed E-state index contributed by atoms with van der Waals surface area (Å²) in [7, 11) is 1.55. The van der Waals surface area contributed by atoms with Gasteiger partial charge in [-0.1, -0.05) is 192 Å². The second-order valence-electron chi connectivity index (χ2n) is 17.1. The molecule has 0 aliphatic carbocycles. The third kappa shape index (κ3) is 40.9. The number of phosphoric acid groups is 1. The first kappa shape index (κ1) is 54.7. The Bertz CT molecular complexity index is 1010. The maximum atomic E-state index is 12.9. The van der Waals surface area contributed by atoms with Gasteiger partial charge in [-0.2, -0.15) is 0 Å². The molecule has 0 radical (unpaired) electrons. The number of allylic oxidation sites excluding steroid dienone is 5. The Labute approximate surface area is 347 Å². The molecule has 0 fully saturated rings. The molecule has 56 heavy (non-hydrogen) atoms. The van der Waals surface area contributed by atoms with Gasteiger partial charge in [0.25, 0.3) is 0 Å². The average Bonchev–Trinajstić information content (AvgIpc) is 3.15. The van der Waals surface area contributed by atoms with Crippen LogP contribution in [0.25, 0.3) is 0 Å². The third-order valence-corrected chi connectivity index (χ3v) is 11.3. The molecule has 0 aromatic rings. The molecule has 0 heterocycles. The number of hydrogen-bond donors (Lipinski definition) is 3. The van der Waals surface area contributed by atoms with E-state index in [0.29, 0.717) is 17.4 Å². The Hall–Kier alpha value is -1.28. The topological polar surface area (TPSA) is 105 Å². The van der Waals surface area contributed by atoms with E-state index in [1.807, 2.05) is 27.2 Å². The second kappa shape index (κ2) is 39.2. The molecule has 0 saturated carbocycles. The van der Waals surface area contributed by atoms with Gasteiger partial charge in [-0.3, -0.25) is 13.8 Å². The number of aliphatic hydroxyl groups is 1. The van der Waals surface area contributed by atoms with Crippen LogP contribution in [-0.2, 0) is 18.4 Å². The summed E-state index contributed by atoms with van der Waals surface area (Å²) in [5.74, 6) is -0.191. The van der Waals surface area contributed by atoms with E-state index >= 15 is 0 Å². The van der Waals surface area contributed by atoms with Crippen LogP contribution in [0.2, 0.25) is 0 Å². The minimum atomic E-state index is -4.35. The number of quaternary nitrogens is 1. The van der Waals surface area contributed by atoms with Gasteiger partial charge < -0.3 is 19.8 Å². The normalized spacial score (nSPS) is 14.6. The van der Waals surface area contributed by atoms with Crippen molar-refractivity contribution in [2.75, 3.05) is 40.9 Å². The Morgan fingerprint density at radius 3 is 1.43 bits per heavy atom. The lowest BCUT2D eigenvalue weighted by atomic mass is 10.0. The highest BCUT2D eigenvalue weighted by Gasteiger charge is 2.27. The van der Waals surface area contributed by atoms with E-state index in [1.54, 1.807) is 6.08 Å². The summed E-state index contributed by atoms with van der Waals surface area (Å²) in [4.78, 5) is 23.1. The number of rotatable bonds is 42. The summed E-state index contributed by atoms with van der Waals surface area (Å²) >= 11 is 0. The highest BCUT2D eigenvalue weighted by atomic mass is 31.2. The summed E-state index contributed by atoms with van der Waals surface area (Å²) < 4.78 is 23.5. The SMILES string of the molecule is CCCCCCCCCCCC/C=C/CC/C=C/CC/C=C/C(O)C(COP(=O)(O)OCC[N+](C)(C)C)NC(=O)CCCCCCCCCCCCCCCC. The first-order chi connectivity index (χ1) is 27.0. The number of unbranched alkanes of at least 4 members (excludes halogenated alkanes) is 25. The van der Waals surface area contributed by atoms with Crippen molar-refractivity contribution in [3.8, 4) is 0 Å². The van der Waals surface area contributed by atoms with Gasteiger partial charge in [0.2, 0.25) is 5.91 Å². The first-order valence-electron chi connectivity index (χ1n) is 23.4. The molecule has 0 aromatic heterocycles. The fourth-order valence-corrected chi connectivity index (χ4v) is 7.34. The maximum Gasteiger partial charge on any atom is 0.472 e. The van der Waals surface area contributed by atoms with Crippen molar-refractivity contribution < 1.29 is 32.9 Å². The molecule has 0 aliphatic rings. The number of phosphoric ester groups is 1. The predicted octanol–water partition coefficient (Wildman–Crippen LogP) is 13.1. The van der Waals surface area contributed by atoms with Crippen LogP contribution in [0.3, 0.4) is 0 Å². The van der Waals surface area contributed by atoms with Crippen LogP contribution in [-0.4, -0.2) is 73.4 Å². The number of likely N-dealkylation sites (N-methyl/N-ethyl adjacent to an activating group) is 1. The molecule has 0 rings (SSSR count). The molecule has 0 aromatic carbocycles. The van der Waals surface area contributed by atoms with Crippen molar-refractivity contribution in [3.05, 3.63) is 36.5 Å². The molecule has 0 saturated heterocycles. The molecule has 0 spiro atoms. The van der Waals surface area contributed by atoms with Crippen LogP contribution in [0.4, 0.5) is 0 Å². The molecule has 3 unspecified atom stereocenters. The molecular weight excluding hydrogens is 719 g/mol. The number of amides is 1. The molecule has 9 heteroatoms. The lowest BCUT2D eigenvalue weighted by Crippen LogP contribution is -2.45. The Balaban J connectivity index is 4.46. The fourth-order valence-electron chi connectivity index (χ4n) is 6.60. The van der Waals surface area contributed by atoms with Crippen molar-refractivity contribution >= 4 is 13.7 Å². The first-order valence-corrected chi connectivity index (χ1v) is 24.9. The van der Waals surface area contributed by atoms with Gasteiger partial charge in [0, 0.05) is 6.42 Å². The highest BCUT2D eigenvalue weighted by Crippen LogP contribution is 2.43. The number of aliphatic hydroxyl groups excluding tert-OH is 1. The Kier molecular flexibility index (Phi) is 38.3. The molecular formula is C47H92N2O6P+. The standard InChI is InChI=1S/C47H91N2O6P/c1-6-8-10-12-14-16-18-20-22-23-24-25-26-27-28-30-32-34-36-38-40-46(50)45(44-55-56(52,53)54-43-42-49(3,4)5)48-47(51)41-39-37-35-33-31-29-21-19-17-15-13-11-9-7-2/h25-26,30,32,38,40,45-46,50H,6-24,27-29,31,33-37,39,41-44H2,1-5H3,(H-,48,51,52,53)/p+1/b26-25+,32-30+,40-38+. The summed E-state index contributed by atoms with van der Waals surface area (Å²) in [6.45, 7) is 4.79. The molecule has 0 aliphatic heterocycles. The van der Waals surface area contributed by atoms with E-state index in [-0.39, 0.29) is 19.1 Å². The van der Waals surface area contributed by atoms with Crippen LogP contribution >= 0.6 is 7.82 Å². The lowest BCUT2D eigenvalue weighted by Gasteiger charge is -2.25. The zero-order valence-corrected chi connectivity index (χ0v) is 38.3. The van der Waals surface area contributed by atoms with Crippen molar-refractivity contribution in [2.45, 2.75) is 219 Å². The number of nitrogens with zero attached hydrogens (tertiary/aromatic N) is 1. The largest absolute Gasteiger partial charge is 0.472 e. The number of carbonyl (C=O) groups excluding carboxylic acids is 1. The van der Waals surface area contributed by atoms with Crippen molar-refractivity contribution in [1.29, 1.82) is 0 Å². The van der Waals surface area contributed by atoms with Crippen molar-refractivity contribution in [3.63, 3.8) is 0 Å². The zero-order valence-electron chi connectivity index (χ0n) is 37.4. The average molecular weight is 812 g/mol. The van der Waals surface area contributed by atoms with Gasteiger partial charge in [-0.15, -0.1) is 0 Å². The van der Waals surface area contributed by atoms with Gasteiger partial charge in [-0.25, -0.2) is 4.57 Å². The summed E-state index contributed by atoms with van der Waals surface area (Å²) in [5, 5.41) is 13.8. The van der Waals surface area contributed by atoms with E-state index in [2.05, 4.69) is 43.5 Å². The van der Waals surface area contributed by atoms with Crippen LogP contribution < -0.4 is 5.32 Å². The van der Waals surface area contributed by atoms with Gasteiger partial charge in [0.1, 0.15) is 13.2 Å². The highest BCUT2D eigenvalue weighted by molar-refractivity contribution is 7.47. The van der Waals surface area contributed by atoms with Gasteiger partial charge in [0.05, 0.1) is 39.9 Å². The smallest absolute Gasteiger partial charge is 0.387 e. The minimum absolute atomic E-state index is 0.0547. The number of carbonyl (C=O) groups is 1. The second-order valence-corrected chi connectivity index (χ2v) is 18.6. The van der Waals surface area contributed by atoms with E-state index in [4.69, 9.17) is 9.05 Å². The van der Waals surface area contributed by atoms with Crippen LogP contribution in [0.15, 0.2) is 36.5 Å². The van der Waals surface area contributed by atoms with Crippen molar-refractivity contribution in [1.82, 2.24) is 5.32 Å². The van der Waals surface area contributed by atoms with Crippen LogP contribution in [0.1, 0.15) is 206 Å². The molecule has 1 amide bonds. The summed E-state index contributed by atoms with van der Waals surface area (Å²) in [5.41, 5.74) is 0. The Morgan fingerprint density at radius 2 is 0.982 bits per heavy atom. The van der Waals surface area contributed by atoms with E-state index < -0.39 is 20.0 Å². The lowest BCUT2D eigenvalue weighted by molar-refractivity contribution is -0.870. The number of nitrogens with one attached hydrogen (secondary N) is 1. The minimum Gasteiger partial charge on any atom is -0.387 e. The van der Waals surface area contributed by atoms with Crippen LogP contribution in [0, 0.1) is 0 Å². The zero-order chi connectivity index (χ0) is 41.4. The molecule has 8 nitrogen and oxygen atoms in total. The molecule has 3 N–H and O–H groups in total. The van der Waals surface area contributed by atoms with E-state index in [1.165, 1.54) is 141 Å². The third-order valence-electron chi connectivity index (χ3n) is 10.3. The summed E-state index contributed by atoms with van der Waals surface area (Å²) in [6.07, 6.45) is 47.9. The van der Waals surface area contributed by atoms with E-state index in [0.717, 1.165) is 44.9 Å². The maximum absolute atomic E-state index is 12.9. The van der Waals surface area contributed by atoms with Crippen molar-refractivity contribution in [2.24, 2.45) is 0 Å². The van der Waals surface area contributed by atoms with Gasteiger partial charge in [-0.05, 0) is 44.9 Å². The summed E-state index contributed by atoms with van der Waals surface area (Å²) in [6, 6.07) is -0.865. The molecule has 330 valence electrons. The number of hydrogen-bond acceptors (Lipinski definition) is 5. The molecule has 3 atom stereocenters. The predicted molar refractivity (Wildman–Crippen MR) is 240 cm³/mol. The fraction of sp³-hybridized carbons (Fsp3) is 0.851. The molecule has 0 bridgehead atoms. The van der Waals surface area contributed by atoms with E-state index in [9.17, 15) is 19.4 Å². The monoisotopic (exact) mass is 812 g/mol. The quantitative estimate of drug-likeness (QED) is 0.0245.